The van der Waals surface area contributed by atoms with Gasteiger partial charge in [0.05, 0.1) is 12.8 Å². The van der Waals surface area contributed by atoms with Crippen molar-refractivity contribution in [1.82, 2.24) is 10.6 Å². The molecule has 0 saturated carbocycles. The number of halogens is 1. The third-order valence-electron chi connectivity index (χ3n) is 2.93. The Morgan fingerprint density at radius 3 is 2.90 bits per heavy atom. The van der Waals surface area contributed by atoms with Crippen molar-refractivity contribution in [3.63, 3.8) is 0 Å². The number of methoxy groups -OCH3 is 1. The van der Waals surface area contributed by atoms with Gasteiger partial charge in [0, 0.05) is 26.6 Å². The Labute approximate surface area is 141 Å². The van der Waals surface area contributed by atoms with Crippen LogP contribution in [0.15, 0.2) is 23.2 Å². The first-order valence-electron chi connectivity index (χ1n) is 6.66. The van der Waals surface area contributed by atoms with E-state index in [1.54, 1.807) is 7.11 Å². The zero-order chi connectivity index (χ0) is 14.4. The van der Waals surface area contributed by atoms with Gasteiger partial charge in [-0.1, -0.05) is 6.07 Å². The summed E-state index contributed by atoms with van der Waals surface area (Å²) in [6.45, 7) is 3.92. The molecule has 3 N–H and O–H groups in total. The van der Waals surface area contributed by atoms with Crippen molar-refractivity contribution < 1.29 is 9.53 Å². The molecule has 0 bridgehead atoms. The number of nitrogens with zero attached hydrogens (tertiary/aromatic N) is 1. The summed E-state index contributed by atoms with van der Waals surface area (Å²) in [4.78, 5) is 15.5. The lowest BCUT2D eigenvalue weighted by Gasteiger charge is -2.16. The summed E-state index contributed by atoms with van der Waals surface area (Å²) < 4.78 is 5.22. The van der Waals surface area contributed by atoms with Gasteiger partial charge in [0.1, 0.15) is 5.75 Å². The van der Waals surface area contributed by atoms with E-state index in [0.29, 0.717) is 18.0 Å². The van der Waals surface area contributed by atoms with Crippen molar-refractivity contribution in [3.05, 3.63) is 23.8 Å². The molecule has 0 aliphatic carbocycles. The molecule has 0 fully saturated rings. The monoisotopic (exact) mass is 404 g/mol. The molecule has 0 aromatic heterocycles. The lowest BCUT2D eigenvalue weighted by Crippen LogP contribution is -2.40. The second-order valence-corrected chi connectivity index (χ2v) is 4.58. The molecule has 0 radical (unpaired) electrons. The minimum atomic E-state index is -0.119. The Hall–Kier alpha value is -1.51. The molecule has 0 unspecified atom stereocenters. The Bertz CT molecular complexity index is 520. The lowest BCUT2D eigenvalue weighted by atomic mass is 10.2. The van der Waals surface area contributed by atoms with Gasteiger partial charge in [-0.2, -0.15) is 0 Å². The first kappa shape index (κ1) is 17.5. The van der Waals surface area contributed by atoms with E-state index < -0.39 is 0 Å². The van der Waals surface area contributed by atoms with Gasteiger partial charge in [-0.25, -0.2) is 0 Å². The van der Waals surface area contributed by atoms with Crippen molar-refractivity contribution in [1.29, 1.82) is 0 Å². The quantitative estimate of drug-likeness (QED) is 0.669. The highest BCUT2D eigenvalue weighted by Gasteiger charge is 2.07. The molecule has 1 aromatic rings. The number of nitrogens with one attached hydrogen (secondary N) is 3. The van der Waals surface area contributed by atoms with E-state index in [-0.39, 0.29) is 29.9 Å². The summed E-state index contributed by atoms with van der Waals surface area (Å²) in [6, 6.07) is 5.70. The standard InChI is InChI=1S/C14H20N4O2.HI/c1-10(19)18-12-8-11(4-5-13(12)20-2)9-17-14-15-6-3-7-16-14;/h4-5,8H,3,6-7,9H2,1-2H3,(H,18,19)(H2,15,16,17);1H. The third-order valence-corrected chi connectivity index (χ3v) is 2.93. The number of carbonyl (C=O) groups is 1. The number of carbonyl (C=O) groups excluding carboxylic acids is 1. The van der Waals surface area contributed by atoms with Gasteiger partial charge in [0.15, 0.2) is 5.96 Å². The SMILES string of the molecule is COc1ccc(CNC2=NCCCN2)cc1NC(C)=O.I. The van der Waals surface area contributed by atoms with Crippen LogP contribution in [0.3, 0.4) is 0 Å². The minimum Gasteiger partial charge on any atom is -0.495 e. The Balaban J connectivity index is 0.00000220. The Kier molecular flexibility index (Phi) is 7.27. The van der Waals surface area contributed by atoms with Crippen LogP contribution in [0.5, 0.6) is 5.75 Å². The summed E-state index contributed by atoms with van der Waals surface area (Å²) in [7, 11) is 1.58. The molecule has 1 aromatic carbocycles. The van der Waals surface area contributed by atoms with Crippen molar-refractivity contribution in [2.75, 3.05) is 25.5 Å². The van der Waals surface area contributed by atoms with E-state index in [9.17, 15) is 4.79 Å². The fraction of sp³-hybridized carbons (Fsp3) is 0.429. The van der Waals surface area contributed by atoms with Crippen LogP contribution in [0.25, 0.3) is 0 Å². The minimum absolute atomic E-state index is 0. The maximum Gasteiger partial charge on any atom is 0.221 e. The van der Waals surface area contributed by atoms with Crippen LogP contribution in [-0.2, 0) is 11.3 Å². The number of rotatable bonds is 4. The van der Waals surface area contributed by atoms with Crippen LogP contribution in [0.2, 0.25) is 0 Å². The molecule has 116 valence electrons. The Morgan fingerprint density at radius 2 is 2.29 bits per heavy atom. The van der Waals surface area contributed by atoms with Gasteiger partial charge in [0.2, 0.25) is 5.91 Å². The van der Waals surface area contributed by atoms with E-state index in [1.807, 2.05) is 18.2 Å². The van der Waals surface area contributed by atoms with Crippen molar-refractivity contribution in [2.24, 2.45) is 4.99 Å². The fourth-order valence-electron chi connectivity index (χ4n) is 1.99. The molecule has 21 heavy (non-hydrogen) atoms. The molecule has 7 heteroatoms. The van der Waals surface area contributed by atoms with Crippen molar-refractivity contribution in [3.8, 4) is 5.75 Å². The van der Waals surface area contributed by atoms with Gasteiger partial charge in [0.25, 0.3) is 0 Å². The number of aliphatic imine (C=N–C) groups is 1. The molecule has 1 amide bonds. The van der Waals surface area contributed by atoms with Gasteiger partial charge in [-0.3, -0.25) is 9.79 Å². The normalized spacial score (nSPS) is 13.3. The highest BCUT2D eigenvalue weighted by Crippen LogP contribution is 2.25. The number of amides is 1. The summed E-state index contributed by atoms with van der Waals surface area (Å²) in [5.41, 5.74) is 1.72. The smallest absolute Gasteiger partial charge is 0.221 e. The molecule has 1 aliphatic heterocycles. The van der Waals surface area contributed by atoms with Gasteiger partial charge < -0.3 is 20.7 Å². The molecular weight excluding hydrogens is 383 g/mol. The third kappa shape index (κ3) is 5.41. The van der Waals surface area contributed by atoms with E-state index in [4.69, 9.17) is 4.74 Å². The second-order valence-electron chi connectivity index (χ2n) is 4.58. The first-order chi connectivity index (χ1) is 9.69. The van der Waals surface area contributed by atoms with Gasteiger partial charge in [-0.05, 0) is 24.1 Å². The van der Waals surface area contributed by atoms with Crippen molar-refractivity contribution in [2.45, 2.75) is 19.9 Å². The van der Waals surface area contributed by atoms with Crippen LogP contribution in [-0.4, -0.2) is 32.1 Å². The van der Waals surface area contributed by atoms with Crippen LogP contribution < -0.4 is 20.7 Å². The molecule has 0 saturated heterocycles. The summed E-state index contributed by atoms with van der Waals surface area (Å²) >= 11 is 0. The summed E-state index contributed by atoms with van der Waals surface area (Å²) in [5.74, 6) is 1.36. The summed E-state index contributed by atoms with van der Waals surface area (Å²) in [6.07, 6.45) is 1.07. The molecule has 6 nitrogen and oxygen atoms in total. The molecule has 2 rings (SSSR count). The van der Waals surface area contributed by atoms with Crippen molar-refractivity contribution >= 4 is 41.5 Å². The predicted molar refractivity (Wildman–Crippen MR) is 94.5 cm³/mol. The molecule has 1 aliphatic rings. The fourth-order valence-corrected chi connectivity index (χ4v) is 1.99. The highest BCUT2D eigenvalue weighted by molar-refractivity contribution is 14.0. The van der Waals surface area contributed by atoms with E-state index in [2.05, 4.69) is 20.9 Å². The molecular formula is C14H21IN4O2. The van der Waals surface area contributed by atoms with Gasteiger partial charge >= 0.3 is 0 Å². The molecule has 0 atom stereocenters. The molecule has 0 spiro atoms. The van der Waals surface area contributed by atoms with E-state index >= 15 is 0 Å². The van der Waals surface area contributed by atoms with Crippen LogP contribution in [0.4, 0.5) is 5.69 Å². The zero-order valence-electron chi connectivity index (χ0n) is 12.2. The number of hydrogen-bond donors (Lipinski definition) is 3. The number of hydrogen-bond acceptors (Lipinski definition) is 5. The van der Waals surface area contributed by atoms with Gasteiger partial charge in [-0.15, -0.1) is 24.0 Å². The van der Waals surface area contributed by atoms with E-state index in [1.165, 1.54) is 6.92 Å². The predicted octanol–water partition coefficient (Wildman–Crippen LogP) is 1.71. The Morgan fingerprint density at radius 1 is 1.48 bits per heavy atom. The maximum atomic E-state index is 11.2. The van der Waals surface area contributed by atoms with Crippen LogP contribution in [0, 0.1) is 0 Å². The highest BCUT2D eigenvalue weighted by atomic mass is 127. The van der Waals surface area contributed by atoms with E-state index in [0.717, 1.165) is 31.0 Å². The number of guanidine groups is 1. The number of anilines is 1. The average Bonchev–Trinajstić information content (AvgIpc) is 2.46. The maximum absolute atomic E-state index is 11.2. The lowest BCUT2D eigenvalue weighted by molar-refractivity contribution is -0.114. The topological polar surface area (TPSA) is 74.8 Å². The first-order valence-corrected chi connectivity index (χ1v) is 6.66. The van der Waals surface area contributed by atoms with Crippen LogP contribution >= 0.6 is 24.0 Å². The number of benzene rings is 1. The number of ether oxygens (including phenoxy) is 1. The van der Waals surface area contributed by atoms with Crippen LogP contribution in [0.1, 0.15) is 18.9 Å². The largest absolute Gasteiger partial charge is 0.495 e. The zero-order valence-corrected chi connectivity index (χ0v) is 14.6. The average molecular weight is 404 g/mol. The molecule has 1 heterocycles. The summed E-state index contributed by atoms with van der Waals surface area (Å²) in [5, 5.41) is 9.21. The second kappa shape index (κ2) is 8.71.